The lowest BCUT2D eigenvalue weighted by molar-refractivity contribution is 0.112. The number of pyridine rings is 1. The van der Waals surface area contributed by atoms with Crippen LogP contribution in [-0.2, 0) is 6.54 Å². The van der Waals surface area contributed by atoms with Crippen LogP contribution in [0.2, 0.25) is 0 Å². The summed E-state index contributed by atoms with van der Waals surface area (Å²) in [5, 5.41) is 14.8. The Bertz CT molecular complexity index is 536. The Balaban J connectivity index is 2.36. The van der Waals surface area contributed by atoms with Crippen LogP contribution in [0.3, 0.4) is 0 Å². The molecule has 0 amide bonds. The molecular weight excluding hydrogens is 252 g/mol. The van der Waals surface area contributed by atoms with Gasteiger partial charge in [0.2, 0.25) is 0 Å². The molecule has 0 bridgehead atoms. The number of aliphatic hydroxyl groups is 1. The van der Waals surface area contributed by atoms with Crippen molar-refractivity contribution >= 4 is 0 Å². The van der Waals surface area contributed by atoms with Crippen LogP contribution in [0.15, 0.2) is 24.5 Å². The SMILES string of the molecule is CCCCn1nc(-c2ccncc2)nc1[C@@H](O)C(C)C. The predicted octanol–water partition coefficient (Wildman–Crippen LogP) is 2.83. The summed E-state index contributed by atoms with van der Waals surface area (Å²) in [6, 6.07) is 3.76. The van der Waals surface area contributed by atoms with Crippen molar-refractivity contribution < 1.29 is 5.11 Å². The molecule has 5 heteroatoms. The van der Waals surface area contributed by atoms with Crippen molar-refractivity contribution in [2.24, 2.45) is 5.92 Å². The molecule has 0 fully saturated rings. The van der Waals surface area contributed by atoms with Gasteiger partial charge in [0.1, 0.15) is 6.10 Å². The number of unbranched alkanes of at least 4 members (excludes halogenated alkanes) is 1. The number of nitrogens with zero attached hydrogens (tertiary/aromatic N) is 4. The van der Waals surface area contributed by atoms with Gasteiger partial charge in [0, 0.05) is 24.5 Å². The summed E-state index contributed by atoms with van der Waals surface area (Å²) >= 11 is 0. The van der Waals surface area contributed by atoms with Crippen molar-refractivity contribution in [2.45, 2.75) is 46.3 Å². The molecule has 0 radical (unpaired) electrons. The zero-order valence-electron chi connectivity index (χ0n) is 12.3. The maximum atomic E-state index is 10.3. The molecule has 1 N–H and O–H groups in total. The van der Waals surface area contributed by atoms with Gasteiger partial charge in [0.25, 0.3) is 0 Å². The van der Waals surface area contributed by atoms with Gasteiger partial charge in [-0.1, -0.05) is 27.2 Å². The first kappa shape index (κ1) is 14.7. The molecule has 2 aromatic rings. The van der Waals surface area contributed by atoms with Crippen molar-refractivity contribution in [3.63, 3.8) is 0 Å². The highest BCUT2D eigenvalue weighted by Gasteiger charge is 2.21. The second kappa shape index (κ2) is 6.61. The summed E-state index contributed by atoms with van der Waals surface area (Å²) in [7, 11) is 0. The second-order valence-electron chi connectivity index (χ2n) is 5.30. The highest BCUT2D eigenvalue weighted by molar-refractivity contribution is 5.53. The first-order valence-electron chi connectivity index (χ1n) is 7.16. The third-order valence-electron chi connectivity index (χ3n) is 3.26. The summed E-state index contributed by atoms with van der Waals surface area (Å²) in [5.41, 5.74) is 0.924. The number of aryl methyl sites for hydroxylation is 1. The van der Waals surface area contributed by atoms with Crippen molar-refractivity contribution in [1.82, 2.24) is 19.7 Å². The molecule has 20 heavy (non-hydrogen) atoms. The second-order valence-corrected chi connectivity index (χ2v) is 5.30. The van der Waals surface area contributed by atoms with E-state index in [0.29, 0.717) is 11.6 Å². The third kappa shape index (κ3) is 3.22. The van der Waals surface area contributed by atoms with Crippen LogP contribution in [0.5, 0.6) is 0 Å². The number of hydrogen-bond donors (Lipinski definition) is 1. The van der Waals surface area contributed by atoms with Gasteiger partial charge in [0.15, 0.2) is 11.6 Å². The molecule has 108 valence electrons. The molecule has 0 aliphatic heterocycles. The van der Waals surface area contributed by atoms with Gasteiger partial charge in [-0.25, -0.2) is 9.67 Å². The van der Waals surface area contributed by atoms with Crippen LogP contribution in [-0.4, -0.2) is 24.9 Å². The molecule has 2 aromatic heterocycles. The van der Waals surface area contributed by atoms with E-state index in [2.05, 4.69) is 22.0 Å². The monoisotopic (exact) mass is 274 g/mol. The van der Waals surface area contributed by atoms with Crippen LogP contribution in [0, 0.1) is 5.92 Å². The molecule has 0 aliphatic carbocycles. The Morgan fingerprint density at radius 2 is 1.95 bits per heavy atom. The Hall–Kier alpha value is -1.75. The van der Waals surface area contributed by atoms with E-state index in [1.807, 2.05) is 30.7 Å². The molecule has 2 heterocycles. The molecular formula is C15H22N4O. The predicted molar refractivity (Wildman–Crippen MR) is 78.0 cm³/mol. The van der Waals surface area contributed by atoms with E-state index < -0.39 is 6.10 Å². The van der Waals surface area contributed by atoms with Crippen LogP contribution in [0.25, 0.3) is 11.4 Å². The first-order chi connectivity index (χ1) is 9.63. The Labute approximate surface area is 119 Å². The van der Waals surface area contributed by atoms with E-state index in [4.69, 9.17) is 0 Å². The van der Waals surface area contributed by atoms with Crippen LogP contribution in [0.4, 0.5) is 0 Å². The summed E-state index contributed by atoms with van der Waals surface area (Å²) in [5.74, 6) is 1.42. The zero-order chi connectivity index (χ0) is 14.5. The van der Waals surface area contributed by atoms with Gasteiger partial charge in [-0.3, -0.25) is 4.98 Å². The summed E-state index contributed by atoms with van der Waals surface area (Å²) < 4.78 is 1.84. The molecule has 0 saturated heterocycles. The van der Waals surface area contributed by atoms with Gasteiger partial charge in [-0.2, -0.15) is 5.10 Å². The first-order valence-corrected chi connectivity index (χ1v) is 7.16. The van der Waals surface area contributed by atoms with E-state index in [1.165, 1.54) is 0 Å². The van der Waals surface area contributed by atoms with Gasteiger partial charge >= 0.3 is 0 Å². The topological polar surface area (TPSA) is 63.8 Å². The lowest BCUT2D eigenvalue weighted by atomic mass is 10.1. The number of rotatable bonds is 6. The van der Waals surface area contributed by atoms with Crippen molar-refractivity contribution in [2.75, 3.05) is 0 Å². The molecule has 0 saturated carbocycles. The molecule has 0 unspecified atom stereocenters. The minimum atomic E-state index is -0.588. The Morgan fingerprint density at radius 1 is 1.25 bits per heavy atom. The van der Waals surface area contributed by atoms with Gasteiger partial charge in [-0.05, 0) is 24.5 Å². The van der Waals surface area contributed by atoms with Crippen molar-refractivity contribution in [3.05, 3.63) is 30.4 Å². The quantitative estimate of drug-likeness (QED) is 0.879. The highest BCUT2D eigenvalue weighted by Crippen LogP contribution is 2.23. The summed E-state index contributed by atoms with van der Waals surface area (Å²) in [6.45, 7) is 6.89. The number of aliphatic hydroxyl groups excluding tert-OH is 1. The number of aromatic nitrogens is 4. The zero-order valence-corrected chi connectivity index (χ0v) is 12.3. The van der Waals surface area contributed by atoms with E-state index in [9.17, 15) is 5.11 Å². The Kier molecular flexibility index (Phi) is 4.84. The Morgan fingerprint density at radius 3 is 2.55 bits per heavy atom. The fourth-order valence-electron chi connectivity index (χ4n) is 1.97. The molecule has 2 rings (SSSR count). The molecule has 5 nitrogen and oxygen atoms in total. The van der Waals surface area contributed by atoms with Gasteiger partial charge in [0.05, 0.1) is 0 Å². The lowest BCUT2D eigenvalue weighted by Gasteiger charge is -2.14. The van der Waals surface area contributed by atoms with Crippen molar-refractivity contribution in [1.29, 1.82) is 0 Å². The maximum Gasteiger partial charge on any atom is 0.181 e. The third-order valence-corrected chi connectivity index (χ3v) is 3.26. The minimum Gasteiger partial charge on any atom is -0.385 e. The number of hydrogen-bond acceptors (Lipinski definition) is 4. The van der Waals surface area contributed by atoms with E-state index in [1.54, 1.807) is 12.4 Å². The van der Waals surface area contributed by atoms with E-state index in [0.717, 1.165) is 24.9 Å². The summed E-state index contributed by atoms with van der Waals surface area (Å²) in [4.78, 5) is 8.53. The lowest BCUT2D eigenvalue weighted by Crippen LogP contribution is -2.14. The highest BCUT2D eigenvalue weighted by atomic mass is 16.3. The molecule has 0 spiro atoms. The fourth-order valence-corrected chi connectivity index (χ4v) is 1.97. The average molecular weight is 274 g/mol. The van der Waals surface area contributed by atoms with Crippen LogP contribution < -0.4 is 0 Å². The smallest absolute Gasteiger partial charge is 0.181 e. The van der Waals surface area contributed by atoms with E-state index >= 15 is 0 Å². The van der Waals surface area contributed by atoms with E-state index in [-0.39, 0.29) is 5.92 Å². The average Bonchev–Trinajstić information content (AvgIpc) is 2.89. The fraction of sp³-hybridized carbons (Fsp3) is 0.533. The van der Waals surface area contributed by atoms with Gasteiger partial charge < -0.3 is 5.11 Å². The maximum absolute atomic E-state index is 10.3. The normalized spacial score (nSPS) is 12.8. The molecule has 0 aromatic carbocycles. The largest absolute Gasteiger partial charge is 0.385 e. The minimum absolute atomic E-state index is 0.116. The molecule has 1 atom stereocenters. The van der Waals surface area contributed by atoms with Crippen LogP contribution in [0.1, 0.15) is 45.5 Å². The summed E-state index contributed by atoms with van der Waals surface area (Å²) in [6.07, 6.45) is 4.97. The molecule has 0 aliphatic rings. The standard InChI is InChI=1S/C15H22N4O/c1-4-5-10-19-15(13(20)11(2)3)17-14(18-19)12-6-8-16-9-7-12/h6-9,11,13,20H,4-5,10H2,1-3H3/t13-/m0/s1. The van der Waals surface area contributed by atoms with Crippen LogP contribution >= 0.6 is 0 Å². The van der Waals surface area contributed by atoms with Crippen molar-refractivity contribution in [3.8, 4) is 11.4 Å². The van der Waals surface area contributed by atoms with Gasteiger partial charge in [-0.15, -0.1) is 0 Å².